The van der Waals surface area contributed by atoms with Gasteiger partial charge in [-0.05, 0) is 43.7 Å². The SMILES string of the molecule is COCn1c(=O)c2ccc(Nc3cc(N[C@H](CO)c4ccccc4)c(-c4nc(-c5cccnc5)no4)cn3)nc2n1C(C)C. The second kappa shape index (κ2) is 12.5. The minimum Gasteiger partial charge on any atom is -0.394 e. The molecule has 13 nitrogen and oxygen atoms in total. The Morgan fingerprint density at radius 1 is 1.02 bits per heavy atom. The first-order valence-corrected chi connectivity index (χ1v) is 14.0. The van der Waals surface area contributed by atoms with Gasteiger partial charge in [-0.15, -0.1) is 0 Å². The lowest BCUT2D eigenvalue weighted by molar-refractivity contribution is 0.103. The number of nitrogens with one attached hydrogen (secondary N) is 2. The third kappa shape index (κ3) is 5.65. The smallest absolute Gasteiger partial charge is 0.278 e. The predicted octanol–water partition coefficient (Wildman–Crippen LogP) is 4.78. The van der Waals surface area contributed by atoms with E-state index in [4.69, 9.17) is 14.2 Å². The third-order valence-electron chi connectivity index (χ3n) is 7.01. The average Bonchev–Trinajstić information content (AvgIpc) is 3.64. The number of benzene rings is 1. The standard InChI is InChI=1S/C31H31N9O4/c1-19(2)40-29-22(31(42)39(40)18-43-3)11-12-26(36-29)35-27-14-24(34-25(17-41)20-8-5-4-6-9-20)23(16-33-27)30-37-28(38-44-30)21-10-7-13-32-15-21/h4-16,19,25,41H,17-18H2,1-3H3,(H2,33,34,35,36)/t25-/m1/s1. The Morgan fingerprint density at radius 3 is 2.59 bits per heavy atom. The molecule has 6 aromatic rings. The van der Waals surface area contributed by atoms with Crippen molar-refractivity contribution in [3.8, 4) is 22.8 Å². The highest BCUT2D eigenvalue weighted by atomic mass is 16.5. The molecule has 0 bridgehead atoms. The number of aromatic nitrogens is 7. The summed E-state index contributed by atoms with van der Waals surface area (Å²) >= 11 is 0. The zero-order chi connectivity index (χ0) is 30.6. The average molecular weight is 594 g/mol. The van der Waals surface area contributed by atoms with Gasteiger partial charge in [-0.1, -0.05) is 35.5 Å². The zero-order valence-electron chi connectivity index (χ0n) is 24.4. The van der Waals surface area contributed by atoms with E-state index in [9.17, 15) is 9.90 Å². The van der Waals surface area contributed by atoms with Gasteiger partial charge in [-0.25, -0.2) is 14.6 Å². The Balaban J connectivity index is 1.39. The minimum atomic E-state index is -0.429. The highest BCUT2D eigenvalue weighted by Crippen LogP contribution is 2.33. The maximum absolute atomic E-state index is 13.0. The summed E-state index contributed by atoms with van der Waals surface area (Å²) in [6.07, 6.45) is 4.94. The van der Waals surface area contributed by atoms with E-state index in [1.807, 2.05) is 54.9 Å². The number of methoxy groups -OCH3 is 1. The van der Waals surface area contributed by atoms with E-state index in [-0.39, 0.29) is 30.8 Å². The van der Waals surface area contributed by atoms with Crippen LogP contribution < -0.4 is 16.2 Å². The molecule has 0 radical (unpaired) electrons. The summed E-state index contributed by atoms with van der Waals surface area (Å²) in [6.45, 7) is 3.90. The van der Waals surface area contributed by atoms with Crippen LogP contribution in [0.25, 0.3) is 33.9 Å². The van der Waals surface area contributed by atoms with E-state index in [2.05, 4.69) is 30.7 Å². The monoisotopic (exact) mass is 593 g/mol. The molecule has 1 aromatic carbocycles. The number of ether oxygens (including phenoxy) is 1. The van der Waals surface area contributed by atoms with Crippen LogP contribution in [0.5, 0.6) is 0 Å². The number of pyridine rings is 3. The number of fused-ring (bicyclic) bond motifs is 1. The number of hydrogen-bond acceptors (Lipinski definition) is 11. The van der Waals surface area contributed by atoms with Crippen molar-refractivity contribution in [2.24, 2.45) is 0 Å². The van der Waals surface area contributed by atoms with Crippen LogP contribution >= 0.6 is 0 Å². The highest BCUT2D eigenvalue weighted by molar-refractivity contribution is 5.79. The van der Waals surface area contributed by atoms with Crippen molar-refractivity contribution < 1.29 is 14.4 Å². The molecular formula is C31H31N9O4. The van der Waals surface area contributed by atoms with Crippen molar-refractivity contribution in [1.29, 1.82) is 0 Å². The molecule has 224 valence electrons. The number of aliphatic hydroxyl groups is 1. The highest BCUT2D eigenvalue weighted by Gasteiger charge is 2.21. The molecule has 0 saturated heterocycles. The van der Waals surface area contributed by atoms with E-state index < -0.39 is 6.04 Å². The van der Waals surface area contributed by atoms with Crippen molar-refractivity contribution >= 4 is 28.4 Å². The summed E-state index contributed by atoms with van der Waals surface area (Å²) in [6, 6.07) is 18.0. The van der Waals surface area contributed by atoms with Crippen LogP contribution in [0.4, 0.5) is 17.3 Å². The quantitative estimate of drug-likeness (QED) is 0.190. The molecule has 0 aliphatic carbocycles. The van der Waals surface area contributed by atoms with E-state index in [0.717, 1.165) is 5.56 Å². The topological polar surface area (TPSA) is 158 Å². The molecule has 5 aromatic heterocycles. The molecule has 3 N–H and O–H groups in total. The lowest BCUT2D eigenvalue weighted by Gasteiger charge is -2.20. The molecule has 0 saturated carbocycles. The van der Waals surface area contributed by atoms with Crippen molar-refractivity contribution in [1.82, 2.24) is 34.5 Å². The van der Waals surface area contributed by atoms with Gasteiger partial charge in [0.2, 0.25) is 5.82 Å². The Hall–Kier alpha value is -5.40. The summed E-state index contributed by atoms with van der Waals surface area (Å²) in [7, 11) is 1.54. The third-order valence-corrected chi connectivity index (χ3v) is 7.01. The summed E-state index contributed by atoms with van der Waals surface area (Å²) in [5.74, 6) is 1.59. The fourth-order valence-corrected chi connectivity index (χ4v) is 4.97. The van der Waals surface area contributed by atoms with Crippen molar-refractivity contribution in [3.05, 3.63) is 95.2 Å². The van der Waals surface area contributed by atoms with Gasteiger partial charge >= 0.3 is 0 Å². The lowest BCUT2D eigenvalue weighted by Crippen LogP contribution is -2.25. The fourth-order valence-electron chi connectivity index (χ4n) is 4.97. The van der Waals surface area contributed by atoms with Crippen LogP contribution in [0.1, 0.15) is 31.5 Å². The van der Waals surface area contributed by atoms with Crippen molar-refractivity contribution in [2.75, 3.05) is 24.4 Å². The van der Waals surface area contributed by atoms with Crippen LogP contribution in [0, 0.1) is 0 Å². The van der Waals surface area contributed by atoms with Crippen LogP contribution in [0.2, 0.25) is 0 Å². The van der Waals surface area contributed by atoms with Crippen LogP contribution in [0.3, 0.4) is 0 Å². The maximum Gasteiger partial charge on any atom is 0.278 e. The Bertz CT molecular complexity index is 1940. The molecule has 44 heavy (non-hydrogen) atoms. The van der Waals surface area contributed by atoms with E-state index >= 15 is 0 Å². The molecular weight excluding hydrogens is 562 g/mol. The normalized spacial score (nSPS) is 12.1. The van der Waals surface area contributed by atoms with Crippen molar-refractivity contribution in [3.63, 3.8) is 0 Å². The lowest BCUT2D eigenvalue weighted by atomic mass is 10.1. The minimum absolute atomic E-state index is 0.0364. The molecule has 13 heteroatoms. The van der Waals surface area contributed by atoms with E-state index in [0.29, 0.717) is 45.3 Å². The summed E-state index contributed by atoms with van der Waals surface area (Å²) in [4.78, 5) is 31.1. The van der Waals surface area contributed by atoms with Gasteiger partial charge in [0.25, 0.3) is 11.4 Å². The molecule has 6 rings (SSSR count). The van der Waals surface area contributed by atoms with Gasteiger partial charge < -0.3 is 25.0 Å². The number of nitrogens with zero attached hydrogens (tertiary/aromatic N) is 7. The summed E-state index contributed by atoms with van der Waals surface area (Å²) < 4.78 is 14.2. The van der Waals surface area contributed by atoms with Crippen LogP contribution in [-0.2, 0) is 11.5 Å². The zero-order valence-corrected chi connectivity index (χ0v) is 24.4. The molecule has 0 aliphatic rings. The molecule has 0 fully saturated rings. The van der Waals surface area contributed by atoms with Crippen molar-refractivity contribution in [2.45, 2.75) is 32.7 Å². The molecule has 0 unspecified atom stereocenters. The van der Waals surface area contributed by atoms with Gasteiger partial charge in [-0.2, -0.15) is 4.98 Å². The number of hydrogen-bond donors (Lipinski definition) is 3. The van der Waals surface area contributed by atoms with Crippen LogP contribution in [0.15, 0.2) is 88.6 Å². The number of rotatable bonds is 11. The van der Waals surface area contributed by atoms with Crippen LogP contribution in [-0.4, -0.2) is 53.3 Å². The second-order valence-corrected chi connectivity index (χ2v) is 10.3. The predicted molar refractivity (Wildman–Crippen MR) is 165 cm³/mol. The summed E-state index contributed by atoms with van der Waals surface area (Å²) in [5.41, 5.74) is 3.10. The van der Waals surface area contributed by atoms with E-state index in [1.54, 1.807) is 50.0 Å². The Labute approximate surface area is 252 Å². The molecule has 0 spiro atoms. The first kappa shape index (κ1) is 28.7. The second-order valence-electron chi connectivity index (χ2n) is 10.3. The van der Waals surface area contributed by atoms with Gasteiger partial charge in [-0.3, -0.25) is 14.5 Å². The fraction of sp³-hybridized carbons (Fsp3) is 0.226. The van der Waals surface area contributed by atoms with E-state index in [1.165, 1.54) is 4.68 Å². The number of anilines is 3. The van der Waals surface area contributed by atoms with Gasteiger partial charge in [0.1, 0.15) is 18.4 Å². The molecule has 0 aliphatic heterocycles. The maximum atomic E-state index is 13.0. The Morgan fingerprint density at radius 2 is 1.86 bits per heavy atom. The Kier molecular flexibility index (Phi) is 8.12. The van der Waals surface area contributed by atoms with Gasteiger partial charge in [0.15, 0.2) is 5.65 Å². The molecule has 0 amide bonds. The number of aliphatic hydroxyl groups excluding tert-OH is 1. The van der Waals surface area contributed by atoms with Gasteiger partial charge in [0, 0.05) is 43.4 Å². The molecule has 1 atom stereocenters. The summed E-state index contributed by atoms with van der Waals surface area (Å²) in [5, 5.41) is 21.6. The molecule has 5 heterocycles. The first-order valence-electron chi connectivity index (χ1n) is 14.0. The largest absolute Gasteiger partial charge is 0.394 e. The van der Waals surface area contributed by atoms with Gasteiger partial charge in [0.05, 0.1) is 29.3 Å². The first-order chi connectivity index (χ1) is 21.5.